The molecule has 29 heavy (non-hydrogen) atoms. The van der Waals surface area contributed by atoms with Crippen molar-refractivity contribution in [3.8, 4) is 11.5 Å². The lowest BCUT2D eigenvalue weighted by Gasteiger charge is -2.30. The Morgan fingerprint density at radius 1 is 1.17 bits per heavy atom. The summed E-state index contributed by atoms with van der Waals surface area (Å²) in [6.45, 7) is 1.41. The molecule has 2 aromatic rings. The lowest BCUT2D eigenvalue weighted by molar-refractivity contribution is -0.192. The van der Waals surface area contributed by atoms with Crippen LogP contribution in [0.3, 0.4) is 0 Å². The van der Waals surface area contributed by atoms with Gasteiger partial charge in [0.1, 0.15) is 11.5 Å². The first kappa shape index (κ1) is 22.2. The first-order chi connectivity index (χ1) is 13.7. The molecule has 0 spiro atoms. The molecular weight excluding hydrogens is 391 g/mol. The molecule has 0 radical (unpaired) electrons. The van der Waals surface area contributed by atoms with Crippen molar-refractivity contribution in [1.29, 1.82) is 0 Å². The molecular formula is C19H20F3N3O4. The van der Waals surface area contributed by atoms with Gasteiger partial charge in [-0.1, -0.05) is 0 Å². The summed E-state index contributed by atoms with van der Waals surface area (Å²) >= 11 is 0. The molecule has 1 aromatic carbocycles. The molecule has 2 heterocycles. The number of aliphatic carboxylic acids is 1. The third kappa shape index (κ3) is 7.07. The minimum Gasteiger partial charge on any atom is -0.475 e. The quantitative estimate of drug-likeness (QED) is 0.804. The monoisotopic (exact) mass is 411 g/mol. The maximum absolute atomic E-state index is 12.4. The molecule has 1 aliphatic heterocycles. The number of piperidine rings is 1. The van der Waals surface area contributed by atoms with Crippen molar-refractivity contribution in [2.24, 2.45) is 5.73 Å². The highest BCUT2D eigenvalue weighted by Crippen LogP contribution is 2.21. The molecule has 3 rings (SSSR count). The first-order valence-electron chi connectivity index (χ1n) is 8.69. The smallest absolute Gasteiger partial charge is 0.475 e. The van der Waals surface area contributed by atoms with Crippen LogP contribution in [-0.4, -0.2) is 52.2 Å². The number of rotatable bonds is 3. The van der Waals surface area contributed by atoms with Gasteiger partial charge in [0.05, 0.1) is 6.20 Å². The standard InChI is InChI=1S/C17H19N3O2.C2HF3O2/c18-14-3-2-10-20(12-14)17(21)13-5-7-15(8-6-13)22-16-4-1-9-19-11-16;3-2(4,5)1(6)7/h1,4-9,11,14H,2-3,10,12,18H2;(H,6,7). The summed E-state index contributed by atoms with van der Waals surface area (Å²) in [6, 6.07) is 10.9. The number of pyridine rings is 1. The van der Waals surface area contributed by atoms with Gasteiger partial charge in [-0.25, -0.2) is 4.79 Å². The van der Waals surface area contributed by atoms with Crippen LogP contribution in [0.2, 0.25) is 0 Å². The van der Waals surface area contributed by atoms with Crippen molar-refractivity contribution in [3.05, 3.63) is 54.4 Å². The number of carbonyl (C=O) groups is 2. The Morgan fingerprint density at radius 3 is 2.34 bits per heavy atom. The molecule has 156 valence electrons. The Bertz CT molecular complexity index is 814. The zero-order valence-corrected chi connectivity index (χ0v) is 15.3. The Labute approximate surface area is 164 Å². The topological polar surface area (TPSA) is 106 Å². The molecule has 0 aliphatic carbocycles. The second-order valence-electron chi connectivity index (χ2n) is 6.27. The van der Waals surface area contributed by atoms with Crippen LogP contribution in [0, 0.1) is 0 Å². The van der Waals surface area contributed by atoms with Crippen molar-refractivity contribution < 1.29 is 32.6 Å². The molecule has 10 heteroatoms. The number of ether oxygens (including phenoxy) is 1. The third-order valence-electron chi connectivity index (χ3n) is 3.96. The highest BCUT2D eigenvalue weighted by atomic mass is 19.4. The van der Waals surface area contributed by atoms with Gasteiger partial charge >= 0.3 is 12.1 Å². The van der Waals surface area contributed by atoms with Gasteiger partial charge in [-0.3, -0.25) is 9.78 Å². The predicted molar refractivity (Wildman–Crippen MR) is 97.6 cm³/mol. The number of hydrogen-bond donors (Lipinski definition) is 2. The van der Waals surface area contributed by atoms with Crippen LogP contribution in [0.4, 0.5) is 13.2 Å². The second-order valence-corrected chi connectivity index (χ2v) is 6.27. The van der Waals surface area contributed by atoms with Gasteiger partial charge in [-0.15, -0.1) is 0 Å². The minimum atomic E-state index is -5.08. The Morgan fingerprint density at radius 2 is 1.83 bits per heavy atom. The van der Waals surface area contributed by atoms with Crippen molar-refractivity contribution in [2.45, 2.75) is 25.1 Å². The molecule has 3 N–H and O–H groups in total. The van der Waals surface area contributed by atoms with Crippen LogP contribution in [0.1, 0.15) is 23.2 Å². The normalized spacial score (nSPS) is 16.4. The number of nitrogens with two attached hydrogens (primary N) is 1. The summed E-state index contributed by atoms with van der Waals surface area (Å²) in [4.78, 5) is 27.2. The maximum atomic E-state index is 12.4. The summed E-state index contributed by atoms with van der Waals surface area (Å²) < 4.78 is 37.4. The van der Waals surface area contributed by atoms with Gasteiger partial charge in [0, 0.05) is 30.9 Å². The van der Waals surface area contributed by atoms with E-state index < -0.39 is 12.1 Å². The zero-order valence-electron chi connectivity index (χ0n) is 15.3. The fourth-order valence-electron chi connectivity index (χ4n) is 2.59. The van der Waals surface area contributed by atoms with E-state index in [1.807, 2.05) is 17.0 Å². The van der Waals surface area contributed by atoms with Crippen molar-refractivity contribution in [1.82, 2.24) is 9.88 Å². The van der Waals surface area contributed by atoms with Gasteiger partial charge in [0.2, 0.25) is 0 Å². The van der Waals surface area contributed by atoms with Crippen molar-refractivity contribution in [3.63, 3.8) is 0 Å². The Hall–Kier alpha value is -3.14. The number of aromatic nitrogens is 1. The SMILES string of the molecule is NC1CCCN(C(=O)c2ccc(Oc3cccnc3)cc2)C1.O=C(O)C(F)(F)F. The lowest BCUT2D eigenvalue weighted by atomic mass is 10.1. The number of nitrogens with zero attached hydrogens (tertiary/aromatic N) is 2. The van der Waals surface area contributed by atoms with Gasteiger partial charge in [0.25, 0.3) is 5.91 Å². The molecule has 0 bridgehead atoms. The minimum absolute atomic E-state index is 0.0306. The number of benzene rings is 1. The van der Waals surface area contributed by atoms with E-state index in [2.05, 4.69) is 4.98 Å². The number of halogens is 3. The number of carbonyl (C=O) groups excluding carboxylic acids is 1. The highest BCUT2D eigenvalue weighted by molar-refractivity contribution is 5.94. The summed E-state index contributed by atoms with van der Waals surface area (Å²) in [5.41, 5.74) is 6.59. The first-order valence-corrected chi connectivity index (χ1v) is 8.69. The lowest BCUT2D eigenvalue weighted by Crippen LogP contribution is -2.45. The van der Waals surface area contributed by atoms with Gasteiger partial charge in [0.15, 0.2) is 0 Å². The van der Waals surface area contributed by atoms with Crippen molar-refractivity contribution in [2.75, 3.05) is 13.1 Å². The van der Waals surface area contributed by atoms with Crippen LogP contribution in [0.25, 0.3) is 0 Å². The fraction of sp³-hybridized carbons (Fsp3) is 0.316. The molecule has 1 unspecified atom stereocenters. The maximum Gasteiger partial charge on any atom is 0.490 e. The molecule has 0 saturated carbocycles. The average Bonchev–Trinajstić information content (AvgIpc) is 2.68. The van der Waals surface area contributed by atoms with E-state index in [4.69, 9.17) is 20.4 Å². The van der Waals surface area contributed by atoms with E-state index in [0.717, 1.165) is 19.4 Å². The third-order valence-corrected chi connectivity index (χ3v) is 3.96. The molecule has 1 fully saturated rings. The van der Waals surface area contributed by atoms with E-state index in [0.29, 0.717) is 23.6 Å². The van der Waals surface area contributed by atoms with E-state index in [1.54, 1.807) is 36.7 Å². The molecule has 1 aliphatic rings. The summed E-state index contributed by atoms with van der Waals surface area (Å²) in [5, 5.41) is 7.12. The second kappa shape index (κ2) is 9.87. The van der Waals surface area contributed by atoms with E-state index in [9.17, 15) is 18.0 Å². The fourth-order valence-corrected chi connectivity index (χ4v) is 2.59. The number of hydrogen-bond acceptors (Lipinski definition) is 5. The molecule has 7 nitrogen and oxygen atoms in total. The molecule has 1 atom stereocenters. The number of carboxylic acids is 1. The van der Waals surface area contributed by atoms with Crippen LogP contribution in [0.5, 0.6) is 11.5 Å². The van der Waals surface area contributed by atoms with Gasteiger partial charge in [-0.05, 0) is 49.2 Å². The molecule has 1 saturated heterocycles. The van der Waals surface area contributed by atoms with Crippen LogP contribution < -0.4 is 10.5 Å². The summed E-state index contributed by atoms with van der Waals surface area (Å²) in [6.07, 6.45) is 0.211. The highest BCUT2D eigenvalue weighted by Gasteiger charge is 2.38. The summed E-state index contributed by atoms with van der Waals surface area (Å²) in [5.74, 6) is -1.38. The number of amides is 1. The van der Waals surface area contributed by atoms with Gasteiger partial charge in [-0.2, -0.15) is 13.2 Å². The van der Waals surface area contributed by atoms with E-state index in [1.165, 1.54) is 0 Å². The van der Waals surface area contributed by atoms with E-state index in [-0.39, 0.29) is 11.9 Å². The number of alkyl halides is 3. The van der Waals surface area contributed by atoms with Crippen LogP contribution in [-0.2, 0) is 4.79 Å². The Balaban J connectivity index is 0.000000370. The van der Waals surface area contributed by atoms with E-state index >= 15 is 0 Å². The number of carboxylic acid groups (broad SMARTS) is 1. The predicted octanol–water partition coefficient (Wildman–Crippen LogP) is 3.07. The summed E-state index contributed by atoms with van der Waals surface area (Å²) in [7, 11) is 0. The largest absolute Gasteiger partial charge is 0.490 e. The van der Waals surface area contributed by atoms with Crippen LogP contribution in [0.15, 0.2) is 48.8 Å². The molecule has 1 aromatic heterocycles. The van der Waals surface area contributed by atoms with Crippen molar-refractivity contribution >= 4 is 11.9 Å². The average molecular weight is 411 g/mol. The number of likely N-dealkylation sites (tertiary alicyclic amines) is 1. The zero-order chi connectivity index (χ0) is 21.4. The van der Waals surface area contributed by atoms with Crippen LogP contribution >= 0.6 is 0 Å². The van der Waals surface area contributed by atoms with Gasteiger partial charge < -0.3 is 20.5 Å². The molecule has 1 amide bonds. The Kier molecular flexibility index (Phi) is 7.54.